The molecule has 0 saturated carbocycles. The summed E-state index contributed by atoms with van der Waals surface area (Å²) in [5.74, 6) is -1.06. The molecular formula is C10H9ClN2O3. The molecule has 0 bridgehead atoms. The molecule has 0 amide bonds. The second kappa shape index (κ2) is 3.68. The predicted octanol–water partition coefficient (Wildman–Crippen LogP) is 1.08. The zero-order valence-electron chi connectivity index (χ0n) is 8.48. The first-order valence-corrected chi connectivity index (χ1v) is 4.95. The second-order valence-electron chi connectivity index (χ2n) is 3.43. The molecule has 5 nitrogen and oxygen atoms in total. The number of aromatic nitrogens is 2. The Labute approximate surface area is 95.5 Å². The number of benzene rings is 1. The smallest absolute Gasteiger partial charge is 0.329 e. The summed E-state index contributed by atoms with van der Waals surface area (Å²) in [6.07, 6.45) is 0. The van der Waals surface area contributed by atoms with Crippen molar-refractivity contribution in [1.82, 2.24) is 9.13 Å². The average Bonchev–Trinajstić information content (AvgIpc) is 2.44. The number of hydrogen-bond donors (Lipinski definition) is 1. The standard InChI is InChI=1S/C10H9ClN2O3/c1-12-9-6(11)3-2-4-7(9)13(10(12)16)5-8(14)15/h2-4H,5H2,1H3,(H,14,15). The fraction of sp³-hybridized carbons (Fsp3) is 0.200. The van der Waals surface area contributed by atoms with Gasteiger partial charge in [-0.1, -0.05) is 17.7 Å². The predicted molar refractivity (Wildman–Crippen MR) is 59.8 cm³/mol. The number of aryl methyl sites for hydroxylation is 1. The van der Waals surface area contributed by atoms with Crippen LogP contribution in [-0.2, 0) is 18.4 Å². The molecule has 0 aliphatic rings. The Bertz CT molecular complexity index is 627. The van der Waals surface area contributed by atoms with E-state index >= 15 is 0 Å². The molecule has 1 N–H and O–H groups in total. The van der Waals surface area contributed by atoms with Gasteiger partial charge in [0.25, 0.3) is 0 Å². The molecule has 0 aliphatic carbocycles. The molecule has 1 heterocycles. The topological polar surface area (TPSA) is 64.2 Å². The van der Waals surface area contributed by atoms with Crippen LogP contribution in [0.5, 0.6) is 0 Å². The number of fused-ring (bicyclic) bond motifs is 1. The number of carbonyl (C=O) groups is 1. The Balaban J connectivity index is 2.84. The van der Waals surface area contributed by atoms with Gasteiger partial charge in [-0.15, -0.1) is 0 Å². The van der Waals surface area contributed by atoms with Gasteiger partial charge in [-0.3, -0.25) is 13.9 Å². The molecule has 0 aliphatic heterocycles. The maximum absolute atomic E-state index is 11.8. The molecule has 1 aromatic carbocycles. The first-order chi connectivity index (χ1) is 7.52. The lowest BCUT2D eigenvalue weighted by Crippen LogP contribution is -2.25. The van der Waals surface area contributed by atoms with Crippen LogP contribution in [-0.4, -0.2) is 20.2 Å². The molecule has 0 saturated heterocycles. The molecule has 16 heavy (non-hydrogen) atoms. The number of carboxylic acid groups (broad SMARTS) is 1. The van der Waals surface area contributed by atoms with Gasteiger partial charge < -0.3 is 5.11 Å². The lowest BCUT2D eigenvalue weighted by Gasteiger charge is -1.98. The van der Waals surface area contributed by atoms with Crippen LogP contribution in [0, 0.1) is 0 Å². The Hall–Kier alpha value is -1.75. The average molecular weight is 241 g/mol. The number of para-hydroxylation sites is 1. The third kappa shape index (κ3) is 1.49. The minimum Gasteiger partial charge on any atom is -0.480 e. The van der Waals surface area contributed by atoms with Crippen molar-refractivity contribution in [2.24, 2.45) is 7.05 Å². The van der Waals surface area contributed by atoms with Crippen LogP contribution in [0.4, 0.5) is 0 Å². The third-order valence-electron chi connectivity index (χ3n) is 2.40. The van der Waals surface area contributed by atoms with Crippen molar-refractivity contribution in [1.29, 1.82) is 0 Å². The van der Waals surface area contributed by atoms with Gasteiger partial charge in [-0.2, -0.15) is 0 Å². The minimum atomic E-state index is -1.06. The highest BCUT2D eigenvalue weighted by atomic mass is 35.5. The zero-order valence-corrected chi connectivity index (χ0v) is 9.23. The van der Waals surface area contributed by atoms with E-state index in [0.29, 0.717) is 16.1 Å². The molecule has 0 atom stereocenters. The lowest BCUT2D eigenvalue weighted by atomic mass is 10.3. The zero-order chi connectivity index (χ0) is 11.9. The van der Waals surface area contributed by atoms with Crippen molar-refractivity contribution < 1.29 is 9.90 Å². The van der Waals surface area contributed by atoms with E-state index < -0.39 is 5.97 Å². The maximum atomic E-state index is 11.8. The van der Waals surface area contributed by atoms with Crippen molar-refractivity contribution in [3.05, 3.63) is 33.7 Å². The summed E-state index contributed by atoms with van der Waals surface area (Å²) in [5, 5.41) is 9.16. The Morgan fingerprint density at radius 1 is 1.50 bits per heavy atom. The highest BCUT2D eigenvalue weighted by Crippen LogP contribution is 2.21. The highest BCUT2D eigenvalue weighted by molar-refractivity contribution is 6.35. The van der Waals surface area contributed by atoms with Crippen LogP contribution in [0.2, 0.25) is 5.02 Å². The fourth-order valence-corrected chi connectivity index (χ4v) is 2.02. The van der Waals surface area contributed by atoms with Crippen LogP contribution >= 0.6 is 11.6 Å². The monoisotopic (exact) mass is 240 g/mol. The molecule has 84 valence electrons. The Kier molecular flexibility index (Phi) is 2.47. The first-order valence-electron chi connectivity index (χ1n) is 4.58. The van der Waals surface area contributed by atoms with Gasteiger partial charge in [-0.05, 0) is 12.1 Å². The first kappa shape index (κ1) is 10.8. The highest BCUT2D eigenvalue weighted by Gasteiger charge is 2.14. The Morgan fingerprint density at radius 2 is 2.19 bits per heavy atom. The van der Waals surface area contributed by atoms with E-state index in [2.05, 4.69) is 0 Å². The Morgan fingerprint density at radius 3 is 2.81 bits per heavy atom. The lowest BCUT2D eigenvalue weighted by molar-refractivity contribution is -0.137. The van der Waals surface area contributed by atoms with Crippen molar-refractivity contribution in [2.75, 3.05) is 0 Å². The molecule has 2 rings (SSSR count). The summed E-state index contributed by atoms with van der Waals surface area (Å²) >= 11 is 5.96. The second-order valence-corrected chi connectivity index (χ2v) is 3.84. The summed E-state index contributed by atoms with van der Waals surface area (Å²) in [6.45, 7) is -0.365. The van der Waals surface area contributed by atoms with E-state index in [0.717, 1.165) is 0 Å². The van der Waals surface area contributed by atoms with Crippen LogP contribution < -0.4 is 5.69 Å². The quantitative estimate of drug-likeness (QED) is 0.854. The fourth-order valence-electron chi connectivity index (χ4n) is 1.72. The molecule has 6 heteroatoms. The number of carboxylic acids is 1. The summed E-state index contributed by atoms with van der Waals surface area (Å²) in [5.41, 5.74) is 0.698. The van der Waals surface area contributed by atoms with Crippen molar-refractivity contribution >= 4 is 28.6 Å². The largest absolute Gasteiger partial charge is 0.480 e. The molecular weight excluding hydrogens is 232 g/mol. The van der Waals surface area contributed by atoms with Crippen molar-refractivity contribution in [3.63, 3.8) is 0 Å². The van der Waals surface area contributed by atoms with E-state index in [-0.39, 0.29) is 12.2 Å². The van der Waals surface area contributed by atoms with E-state index in [9.17, 15) is 9.59 Å². The third-order valence-corrected chi connectivity index (χ3v) is 2.71. The van der Waals surface area contributed by atoms with Crippen LogP contribution in [0.25, 0.3) is 11.0 Å². The molecule has 0 radical (unpaired) electrons. The van der Waals surface area contributed by atoms with E-state index in [1.165, 1.54) is 9.13 Å². The maximum Gasteiger partial charge on any atom is 0.329 e. The molecule has 0 fully saturated rings. The number of hydrogen-bond acceptors (Lipinski definition) is 2. The number of halogens is 1. The summed E-state index contributed by atoms with van der Waals surface area (Å²) in [4.78, 5) is 22.4. The SMILES string of the molecule is Cn1c(=O)n(CC(=O)O)c2cccc(Cl)c21. The summed E-state index contributed by atoms with van der Waals surface area (Å²) in [6, 6.07) is 5.02. The van der Waals surface area contributed by atoms with Crippen LogP contribution in [0.3, 0.4) is 0 Å². The van der Waals surface area contributed by atoms with Gasteiger partial charge >= 0.3 is 11.7 Å². The van der Waals surface area contributed by atoms with Crippen molar-refractivity contribution in [2.45, 2.75) is 6.54 Å². The summed E-state index contributed by atoms with van der Waals surface area (Å²) < 4.78 is 2.53. The normalized spacial score (nSPS) is 10.9. The van der Waals surface area contributed by atoms with Gasteiger partial charge in [0, 0.05) is 7.05 Å². The van der Waals surface area contributed by atoms with E-state index in [1.54, 1.807) is 25.2 Å². The van der Waals surface area contributed by atoms with Gasteiger partial charge in [0.05, 0.1) is 16.1 Å². The van der Waals surface area contributed by atoms with E-state index in [1.807, 2.05) is 0 Å². The molecule has 0 spiro atoms. The van der Waals surface area contributed by atoms with Crippen LogP contribution in [0.15, 0.2) is 23.0 Å². The van der Waals surface area contributed by atoms with Gasteiger partial charge in [-0.25, -0.2) is 4.79 Å². The molecule has 2 aromatic rings. The van der Waals surface area contributed by atoms with Crippen molar-refractivity contribution in [3.8, 4) is 0 Å². The van der Waals surface area contributed by atoms with Crippen LogP contribution in [0.1, 0.15) is 0 Å². The number of rotatable bonds is 2. The molecule has 1 aromatic heterocycles. The number of aliphatic carboxylic acids is 1. The van der Waals surface area contributed by atoms with Gasteiger partial charge in [0.1, 0.15) is 6.54 Å². The summed E-state index contributed by atoms with van der Waals surface area (Å²) in [7, 11) is 1.56. The number of nitrogens with zero attached hydrogens (tertiary/aromatic N) is 2. The number of imidazole rings is 1. The minimum absolute atomic E-state index is 0.365. The molecule has 0 unspecified atom stereocenters. The van der Waals surface area contributed by atoms with Gasteiger partial charge in [0.2, 0.25) is 0 Å². The van der Waals surface area contributed by atoms with E-state index in [4.69, 9.17) is 16.7 Å². The van der Waals surface area contributed by atoms with Gasteiger partial charge in [0.15, 0.2) is 0 Å².